The number of rotatable bonds is 6. The number of nitrogens with zero attached hydrogens (tertiary/aromatic N) is 3. The summed E-state index contributed by atoms with van der Waals surface area (Å²) in [4.78, 5) is 19.3. The van der Waals surface area contributed by atoms with E-state index in [0.29, 0.717) is 19.0 Å². The van der Waals surface area contributed by atoms with Gasteiger partial charge in [0, 0.05) is 31.3 Å². The first-order valence-corrected chi connectivity index (χ1v) is 10.7. The van der Waals surface area contributed by atoms with E-state index in [4.69, 9.17) is 9.15 Å². The van der Waals surface area contributed by atoms with Crippen LogP contribution in [0.4, 0.5) is 6.01 Å². The van der Waals surface area contributed by atoms with Crippen LogP contribution in [0.25, 0.3) is 11.1 Å². The Morgan fingerprint density at radius 3 is 3.20 bits per heavy atom. The monoisotopic (exact) mass is 409 g/mol. The van der Waals surface area contributed by atoms with Crippen molar-refractivity contribution in [2.45, 2.75) is 45.1 Å². The third kappa shape index (κ3) is 3.74. The Hall–Kier alpha value is -3.03. The Kier molecular flexibility index (Phi) is 5.06. The number of hydrogen-bond donors (Lipinski definition) is 2. The predicted molar refractivity (Wildman–Crippen MR) is 113 cm³/mol. The van der Waals surface area contributed by atoms with Crippen LogP contribution in [-0.2, 0) is 24.2 Å². The number of hydrogen-bond acceptors (Lipinski definition) is 6. The van der Waals surface area contributed by atoms with Crippen molar-refractivity contribution in [3.63, 3.8) is 0 Å². The average molecular weight is 409 g/mol. The fourth-order valence-electron chi connectivity index (χ4n) is 4.61. The van der Waals surface area contributed by atoms with Crippen molar-refractivity contribution in [1.82, 2.24) is 20.5 Å². The second kappa shape index (κ2) is 8.01. The molecular formula is C22H27N5O3. The molecule has 1 aromatic carbocycles. The highest BCUT2D eigenvalue weighted by Gasteiger charge is 2.26. The van der Waals surface area contributed by atoms with Gasteiger partial charge >= 0.3 is 0 Å². The first-order valence-electron chi connectivity index (χ1n) is 10.7. The first-order chi connectivity index (χ1) is 14.7. The second-order valence-corrected chi connectivity index (χ2v) is 8.25. The van der Waals surface area contributed by atoms with E-state index in [1.54, 1.807) is 7.11 Å². The minimum atomic E-state index is 0.0823. The van der Waals surface area contributed by atoms with E-state index in [1.807, 2.05) is 18.2 Å². The van der Waals surface area contributed by atoms with Gasteiger partial charge in [-0.3, -0.25) is 9.89 Å². The molecule has 1 saturated heterocycles. The van der Waals surface area contributed by atoms with E-state index in [1.165, 1.54) is 17.7 Å². The predicted octanol–water partition coefficient (Wildman–Crippen LogP) is 2.97. The summed E-state index contributed by atoms with van der Waals surface area (Å²) in [5.74, 6) is 1.13. The Bertz CT molecular complexity index is 1060. The Morgan fingerprint density at radius 2 is 2.30 bits per heavy atom. The van der Waals surface area contributed by atoms with E-state index in [9.17, 15) is 4.79 Å². The standard InChI is InChI=1S/C22H27N5O3/c1-29-15-7-8-20-18(11-15)24-22(30-20)27-9-3-4-14(13-27)10-21(28)23-12-19-16-5-2-6-17(16)25-26-19/h7-8,11,14H,2-6,9-10,12-13H2,1H3,(H,23,28)(H,25,26). The van der Waals surface area contributed by atoms with Gasteiger partial charge in [-0.25, -0.2) is 0 Å². The van der Waals surface area contributed by atoms with Crippen LogP contribution in [0, 0.1) is 5.92 Å². The highest BCUT2D eigenvalue weighted by Crippen LogP contribution is 2.29. The van der Waals surface area contributed by atoms with Gasteiger partial charge in [0.05, 0.1) is 19.3 Å². The summed E-state index contributed by atoms with van der Waals surface area (Å²) in [6.45, 7) is 2.17. The lowest BCUT2D eigenvalue weighted by Crippen LogP contribution is -2.38. The van der Waals surface area contributed by atoms with Crippen LogP contribution in [0.2, 0.25) is 0 Å². The number of aryl methyl sites for hydroxylation is 1. The summed E-state index contributed by atoms with van der Waals surface area (Å²) in [7, 11) is 1.64. The number of amides is 1. The maximum atomic E-state index is 12.5. The van der Waals surface area contributed by atoms with E-state index in [-0.39, 0.29) is 11.8 Å². The fraction of sp³-hybridized carbons (Fsp3) is 0.500. The molecule has 0 radical (unpaired) electrons. The molecule has 158 valence electrons. The number of anilines is 1. The number of fused-ring (bicyclic) bond motifs is 2. The molecule has 30 heavy (non-hydrogen) atoms. The number of H-pyrrole nitrogens is 1. The van der Waals surface area contributed by atoms with Crippen LogP contribution >= 0.6 is 0 Å². The molecule has 1 aliphatic carbocycles. The molecular weight excluding hydrogens is 382 g/mol. The van der Waals surface area contributed by atoms with Crippen LogP contribution in [-0.4, -0.2) is 41.3 Å². The number of nitrogens with one attached hydrogen (secondary N) is 2. The van der Waals surface area contributed by atoms with E-state index in [2.05, 4.69) is 25.4 Å². The molecule has 1 amide bonds. The summed E-state index contributed by atoms with van der Waals surface area (Å²) in [5.41, 5.74) is 5.06. The summed E-state index contributed by atoms with van der Waals surface area (Å²) in [6, 6.07) is 6.25. The number of aromatic nitrogens is 3. The summed E-state index contributed by atoms with van der Waals surface area (Å²) < 4.78 is 11.2. The maximum Gasteiger partial charge on any atom is 0.298 e. The van der Waals surface area contributed by atoms with Crippen molar-refractivity contribution in [3.8, 4) is 5.75 Å². The molecule has 0 saturated carbocycles. The SMILES string of the molecule is COc1ccc2oc(N3CCCC(CC(=O)NCc4n[nH]c5c4CCC5)C3)nc2c1. The van der Waals surface area contributed by atoms with Crippen molar-refractivity contribution in [2.24, 2.45) is 5.92 Å². The van der Waals surface area contributed by atoms with E-state index in [0.717, 1.165) is 61.3 Å². The van der Waals surface area contributed by atoms with Gasteiger partial charge in [-0.15, -0.1) is 0 Å². The number of methoxy groups -OCH3 is 1. The largest absolute Gasteiger partial charge is 0.497 e. The Balaban J connectivity index is 1.18. The molecule has 1 fully saturated rings. The molecule has 2 N–H and O–H groups in total. The Morgan fingerprint density at radius 1 is 1.37 bits per heavy atom. The summed E-state index contributed by atoms with van der Waals surface area (Å²) in [6.07, 6.45) is 5.87. The smallest absolute Gasteiger partial charge is 0.298 e. The molecule has 3 aromatic rings. The molecule has 2 aliphatic rings. The molecule has 1 atom stereocenters. The Labute approximate surface area is 175 Å². The zero-order valence-electron chi connectivity index (χ0n) is 17.2. The number of oxazole rings is 1. The van der Waals surface area contributed by atoms with Crippen LogP contribution in [0.3, 0.4) is 0 Å². The lowest BCUT2D eigenvalue weighted by atomic mass is 9.94. The quantitative estimate of drug-likeness (QED) is 0.650. The second-order valence-electron chi connectivity index (χ2n) is 8.25. The van der Waals surface area contributed by atoms with Gasteiger partial charge in [0.1, 0.15) is 11.3 Å². The van der Waals surface area contributed by atoms with E-state index < -0.39 is 0 Å². The van der Waals surface area contributed by atoms with Crippen LogP contribution < -0.4 is 15.0 Å². The lowest BCUT2D eigenvalue weighted by molar-refractivity contribution is -0.122. The molecule has 8 nitrogen and oxygen atoms in total. The van der Waals surface area contributed by atoms with Gasteiger partial charge in [0.2, 0.25) is 5.91 Å². The first kappa shape index (κ1) is 19.0. The highest BCUT2D eigenvalue weighted by molar-refractivity contribution is 5.77. The number of carbonyl (C=O) groups excluding carboxylic acids is 1. The van der Waals surface area contributed by atoms with Crippen LogP contribution in [0.1, 0.15) is 42.6 Å². The lowest BCUT2D eigenvalue weighted by Gasteiger charge is -2.31. The van der Waals surface area contributed by atoms with Crippen molar-refractivity contribution in [3.05, 3.63) is 35.2 Å². The van der Waals surface area contributed by atoms with Gasteiger partial charge in [-0.1, -0.05) is 0 Å². The zero-order chi connectivity index (χ0) is 20.5. The average Bonchev–Trinajstić information content (AvgIpc) is 3.47. The fourth-order valence-corrected chi connectivity index (χ4v) is 4.61. The van der Waals surface area contributed by atoms with Gasteiger partial charge in [0.15, 0.2) is 5.58 Å². The number of ether oxygens (including phenoxy) is 1. The third-order valence-corrected chi connectivity index (χ3v) is 6.19. The molecule has 1 aliphatic heterocycles. The summed E-state index contributed by atoms with van der Waals surface area (Å²) in [5, 5.41) is 10.5. The highest BCUT2D eigenvalue weighted by atomic mass is 16.5. The van der Waals surface area contributed by atoms with Crippen LogP contribution in [0.15, 0.2) is 22.6 Å². The van der Waals surface area contributed by atoms with Crippen molar-refractivity contribution >= 4 is 23.0 Å². The van der Waals surface area contributed by atoms with Gasteiger partial charge in [-0.05, 0) is 55.7 Å². The summed E-state index contributed by atoms with van der Waals surface area (Å²) >= 11 is 0. The van der Waals surface area contributed by atoms with Crippen molar-refractivity contribution < 1.29 is 13.9 Å². The minimum Gasteiger partial charge on any atom is -0.497 e. The molecule has 1 unspecified atom stereocenters. The van der Waals surface area contributed by atoms with Crippen LogP contribution in [0.5, 0.6) is 5.75 Å². The van der Waals surface area contributed by atoms with E-state index >= 15 is 0 Å². The number of benzene rings is 1. The molecule has 3 heterocycles. The molecule has 0 bridgehead atoms. The number of aromatic amines is 1. The molecule has 2 aromatic heterocycles. The molecule has 0 spiro atoms. The van der Waals surface area contributed by atoms with Gasteiger partial charge < -0.3 is 19.4 Å². The molecule has 8 heteroatoms. The van der Waals surface area contributed by atoms with Gasteiger partial charge in [-0.2, -0.15) is 10.1 Å². The number of piperidine rings is 1. The maximum absolute atomic E-state index is 12.5. The third-order valence-electron chi connectivity index (χ3n) is 6.19. The normalized spacial score (nSPS) is 18.6. The zero-order valence-corrected chi connectivity index (χ0v) is 17.2. The van der Waals surface area contributed by atoms with Gasteiger partial charge in [0.25, 0.3) is 6.01 Å². The molecule has 5 rings (SSSR count). The van der Waals surface area contributed by atoms with Crippen molar-refractivity contribution in [2.75, 3.05) is 25.1 Å². The minimum absolute atomic E-state index is 0.0823. The number of carbonyl (C=O) groups is 1. The topological polar surface area (TPSA) is 96.3 Å². The van der Waals surface area contributed by atoms with Crippen molar-refractivity contribution in [1.29, 1.82) is 0 Å².